The third-order valence-electron chi connectivity index (χ3n) is 3.94. The van der Waals surface area contributed by atoms with E-state index in [4.69, 9.17) is 21.1 Å². The van der Waals surface area contributed by atoms with E-state index in [2.05, 4.69) is 0 Å². The second-order valence-electron chi connectivity index (χ2n) is 5.35. The van der Waals surface area contributed by atoms with E-state index >= 15 is 0 Å². The first-order valence-corrected chi connectivity index (χ1v) is 7.75. The molecular formula is C16H19ClN2O5. The molecule has 2 rings (SSSR count). The molecule has 0 radical (unpaired) electrons. The fraction of sp³-hybridized carbons (Fsp3) is 0.438. The van der Waals surface area contributed by atoms with Crippen molar-refractivity contribution in [2.45, 2.75) is 25.8 Å². The summed E-state index contributed by atoms with van der Waals surface area (Å²) >= 11 is 5.58. The summed E-state index contributed by atoms with van der Waals surface area (Å²) in [5, 5.41) is -0.609. The molecule has 0 saturated carbocycles. The van der Waals surface area contributed by atoms with Gasteiger partial charge in [-0.15, -0.1) is 0 Å². The van der Waals surface area contributed by atoms with Crippen LogP contribution in [-0.4, -0.2) is 48.9 Å². The summed E-state index contributed by atoms with van der Waals surface area (Å²) in [6, 6.07) is 4.28. The molecule has 2 amide bonds. The molecule has 0 N–H and O–H groups in total. The number of rotatable bonds is 6. The number of amides is 2. The van der Waals surface area contributed by atoms with E-state index in [-0.39, 0.29) is 24.9 Å². The molecule has 1 atom stereocenters. The molecule has 1 aromatic carbocycles. The zero-order valence-corrected chi connectivity index (χ0v) is 14.5. The van der Waals surface area contributed by atoms with Gasteiger partial charge >= 0.3 is 0 Å². The van der Waals surface area contributed by atoms with E-state index in [1.165, 1.54) is 30.9 Å². The second-order valence-corrected chi connectivity index (χ2v) is 5.72. The Morgan fingerprint density at radius 2 is 2.04 bits per heavy atom. The molecule has 1 aromatic rings. The standard InChI is InChI=1S/C16H19ClN2O5/c1-10(20)18(9-19-12(16(17)22)5-7-15(19)21)13-8-11(23-2)4-6-14(13)24-3/h4,6,8,12H,5,7,9H2,1-3H3. The molecule has 130 valence electrons. The van der Waals surface area contributed by atoms with Crippen molar-refractivity contribution in [3.05, 3.63) is 18.2 Å². The third kappa shape index (κ3) is 3.62. The van der Waals surface area contributed by atoms with Gasteiger partial charge in [-0.25, -0.2) is 0 Å². The number of halogens is 1. The minimum Gasteiger partial charge on any atom is -0.497 e. The van der Waals surface area contributed by atoms with Gasteiger partial charge in [0, 0.05) is 19.4 Å². The van der Waals surface area contributed by atoms with Gasteiger partial charge in [-0.3, -0.25) is 19.3 Å². The van der Waals surface area contributed by atoms with E-state index < -0.39 is 11.3 Å². The molecule has 0 spiro atoms. The van der Waals surface area contributed by atoms with Crippen LogP contribution in [-0.2, 0) is 14.4 Å². The Labute approximate surface area is 145 Å². The van der Waals surface area contributed by atoms with Gasteiger partial charge in [0.15, 0.2) is 0 Å². The maximum atomic E-state index is 12.2. The van der Waals surface area contributed by atoms with E-state index in [0.29, 0.717) is 23.6 Å². The highest BCUT2D eigenvalue weighted by molar-refractivity contribution is 6.65. The van der Waals surface area contributed by atoms with Crippen LogP contribution >= 0.6 is 11.6 Å². The Hall–Kier alpha value is -2.28. The summed E-state index contributed by atoms with van der Waals surface area (Å²) in [6.45, 7) is 1.29. The molecule has 1 aliphatic rings. The zero-order valence-electron chi connectivity index (χ0n) is 13.7. The van der Waals surface area contributed by atoms with Crippen molar-refractivity contribution < 1.29 is 23.9 Å². The first-order chi connectivity index (χ1) is 11.4. The highest BCUT2D eigenvalue weighted by Gasteiger charge is 2.37. The second kappa shape index (κ2) is 7.53. The Balaban J connectivity index is 2.38. The average Bonchev–Trinajstić information content (AvgIpc) is 2.92. The van der Waals surface area contributed by atoms with E-state index in [1.54, 1.807) is 18.2 Å². The zero-order chi connectivity index (χ0) is 17.9. The van der Waals surface area contributed by atoms with Gasteiger partial charge < -0.3 is 14.4 Å². The number of benzene rings is 1. The largest absolute Gasteiger partial charge is 0.497 e. The maximum Gasteiger partial charge on any atom is 0.244 e. The fourth-order valence-corrected chi connectivity index (χ4v) is 2.88. The van der Waals surface area contributed by atoms with Gasteiger partial charge in [0.1, 0.15) is 24.2 Å². The quantitative estimate of drug-likeness (QED) is 0.728. The number of hydrogen-bond acceptors (Lipinski definition) is 5. The molecule has 1 unspecified atom stereocenters. The number of anilines is 1. The van der Waals surface area contributed by atoms with E-state index in [0.717, 1.165) is 0 Å². The highest BCUT2D eigenvalue weighted by atomic mass is 35.5. The smallest absolute Gasteiger partial charge is 0.244 e. The monoisotopic (exact) mass is 354 g/mol. The predicted octanol–water partition coefficient (Wildman–Crippen LogP) is 1.77. The predicted molar refractivity (Wildman–Crippen MR) is 88.3 cm³/mol. The van der Waals surface area contributed by atoms with Gasteiger partial charge in [0.05, 0.1) is 19.9 Å². The first kappa shape index (κ1) is 18.1. The number of nitrogens with zero attached hydrogens (tertiary/aromatic N) is 2. The molecular weight excluding hydrogens is 336 g/mol. The van der Waals surface area contributed by atoms with Crippen LogP contribution in [0.4, 0.5) is 5.69 Å². The number of carbonyl (C=O) groups is 3. The summed E-state index contributed by atoms with van der Waals surface area (Å²) in [7, 11) is 2.99. The molecule has 24 heavy (non-hydrogen) atoms. The molecule has 0 aliphatic carbocycles. The summed E-state index contributed by atoms with van der Waals surface area (Å²) < 4.78 is 10.5. The Morgan fingerprint density at radius 1 is 1.33 bits per heavy atom. The van der Waals surface area contributed by atoms with Crippen molar-refractivity contribution in [2.75, 3.05) is 25.8 Å². The van der Waals surface area contributed by atoms with Crippen molar-refractivity contribution in [1.29, 1.82) is 0 Å². The molecule has 1 heterocycles. The van der Waals surface area contributed by atoms with Crippen molar-refractivity contribution in [3.8, 4) is 11.5 Å². The normalized spacial score (nSPS) is 16.9. The van der Waals surface area contributed by atoms with Crippen LogP contribution in [0.2, 0.25) is 0 Å². The summed E-state index contributed by atoms with van der Waals surface area (Å²) in [4.78, 5) is 38.4. The van der Waals surface area contributed by atoms with Crippen LogP contribution in [0, 0.1) is 0 Å². The van der Waals surface area contributed by atoms with Crippen LogP contribution in [0.1, 0.15) is 19.8 Å². The van der Waals surface area contributed by atoms with Crippen LogP contribution in [0.3, 0.4) is 0 Å². The first-order valence-electron chi connectivity index (χ1n) is 7.38. The van der Waals surface area contributed by atoms with Crippen molar-refractivity contribution in [1.82, 2.24) is 4.90 Å². The number of ether oxygens (including phenoxy) is 2. The number of carbonyl (C=O) groups excluding carboxylic acids is 3. The summed E-state index contributed by atoms with van der Waals surface area (Å²) in [5.74, 6) is 0.463. The SMILES string of the molecule is COc1ccc(OC)c(N(CN2C(=O)CCC2C(=O)Cl)C(C)=O)c1. The lowest BCUT2D eigenvalue weighted by atomic mass is 10.2. The molecule has 7 nitrogen and oxygen atoms in total. The Kier molecular flexibility index (Phi) is 5.66. The lowest BCUT2D eigenvalue weighted by Crippen LogP contribution is -2.46. The van der Waals surface area contributed by atoms with Gasteiger partial charge in [-0.2, -0.15) is 0 Å². The van der Waals surface area contributed by atoms with E-state index in [9.17, 15) is 14.4 Å². The summed E-state index contributed by atoms with van der Waals surface area (Å²) in [5.41, 5.74) is 0.449. The fourth-order valence-electron chi connectivity index (χ4n) is 2.65. The van der Waals surface area contributed by atoms with E-state index in [1.807, 2.05) is 0 Å². The lowest BCUT2D eigenvalue weighted by Gasteiger charge is -2.30. The minimum absolute atomic E-state index is 0.0825. The Bertz CT molecular complexity index is 664. The molecule has 1 fully saturated rings. The van der Waals surface area contributed by atoms with Gasteiger partial charge in [0.25, 0.3) is 0 Å². The van der Waals surface area contributed by atoms with Crippen molar-refractivity contribution >= 4 is 34.3 Å². The maximum absolute atomic E-state index is 12.2. The van der Waals surface area contributed by atoms with Gasteiger partial charge in [-0.05, 0) is 30.2 Å². The topological polar surface area (TPSA) is 76.2 Å². The molecule has 1 saturated heterocycles. The van der Waals surface area contributed by atoms with Crippen molar-refractivity contribution in [3.63, 3.8) is 0 Å². The number of hydrogen-bond donors (Lipinski definition) is 0. The molecule has 1 aliphatic heterocycles. The third-order valence-corrected chi connectivity index (χ3v) is 4.19. The number of likely N-dealkylation sites (tertiary alicyclic amines) is 1. The average molecular weight is 355 g/mol. The van der Waals surface area contributed by atoms with Crippen LogP contribution < -0.4 is 14.4 Å². The van der Waals surface area contributed by atoms with Crippen LogP contribution in [0.25, 0.3) is 0 Å². The van der Waals surface area contributed by atoms with Gasteiger partial charge in [0.2, 0.25) is 17.1 Å². The minimum atomic E-state index is -0.724. The summed E-state index contributed by atoms with van der Waals surface area (Å²) in [6.07, 6.45) is 0.576. The molecule has 0 bridgehead atoms. The highest BCUT2D eigenvalue weighted by Crippen LogP contribution is 2.33. The van der Waals surface area contributed by atoms with Crippen molar-refractivity contribution in [2.24, 2.45) is 0 Å². The van der Waals surface area contributed by atoms with Gasteiger partial charge in [-0.1, -0.05) is 0 Å². The molecule has 8 heteroatoms. The van der Waals surface area contributed by atoms with Crippen LogP contribution in [0.15, 0.2) is 18.2 Å². The molecule has 0 aromatic heterocycles. The Morgan fingerprint density at radius 3 is 2.58 bits per heavy atom. The van der Waals surface area contributed by atoms with Crippen LogP contribution in [0.5, 0.6) is 11.5 Å². The lowest BCUT2D eigenvalue weighted by molar-refractivity contribution is -0.132. The number of methoxy groups -OCH3 is 2.